The first kappa shape index (κ1) is 31.8. The quantitative estimate of drug-likeness (QED) is 0.245. The van der Waals surface area contributed by atoms with Crippen molar-refractivity contribution in [2.45, 2.75) is 97.1 Å². The molecule has 1 aromatic rings. The average molecular weight is 572 g/mol. The van der Waals surface area contributed by atoms with Crippen molar-refractivity contribution in [3.63, 3.8) is 0 Å². The number of aliphatic hydroxyl groups is 3. The van der Waals surface area contributed by atoms with Crippen LogP contribution in [-0.4, -0.2) is 76.8 Å². The van der Waals surface area contributed by atoms with Gasteiger partial charge in [-0.15, -0.1) is 0 Å². The highest BCUT2D eigenvalue weighted by Crippen LogP contribution is 2.62. The van der Waals surface area contributed by atoms with Gasteiger partial charge in [-0.1, -0.05) is 57.5 Å². The number of nitrogens with zero attached hydrogens (tertiary/aromatic N) is 1. The van der Waals surface area contributed by atoms with Crippen LogP contribution in [-0.2, 0) is 25.6 Å². The van der Waals surface area contributed by atoms with E-state index in [0.29, 0.717) is 36.8 Å². The van der Waals surface area contributed by atoms with E-state index in [0.717, 1.165) is 12.0 Å². The highest BCUT2D eigenvalue weighted by Gasteiger charge is 2.66. The molecule has 0 heterocycles. The number of hydroxylamine groups is 2. The maximum absolute atomic E-state index is 14.3. The summed E-state index contributed by atoms with van der Waals surface area (Å²) in [5.74, 6) is -1.50. The second kappa shape index (κ2) is 11.9. The zero-order chi connectivity index (χ0) is 30.3. The molecule has 4 rings (SSSR count). The van der Waals surface area contributed by atoms with Crippen LogP contribution in [0.2, 0.25) is 0 Å². The molecule has 0 radical (unpaired) electrons. The van der Waals surface area contributed by atoms with Gasteiger partial charge in [-0.05, 0) is 67.6 Å². The minimum atomic E-state index is -1.51. The number of esters is 1. The van der Waals surface area contributed by atoms with Gasteiger partial charge in [0.1, 0.15) is 17.8 Å². The Hall–Kier alpha value is -2.10. The molecule has 3 aliphatic rings. The number of carbonyl (C=O) groups is 2. The summed E-state index contributed by atoms with van der Waals surface area (Å²) in [6.07, 6.45) is -0.620. The first-order valence-corrected chi connectivity index (χ1v) is 15.1. The van der Waals surface area contributed by atoms with Crippen LogP contribution in [0.4, 0.5) is 0 Å². The van der Waals surface area contributed by atoms with Crippen LogP contribution in [0.15, 0.2) is 41.5 Å². The smallest absolute Gasteiger partial charge is 0.306 e. The Morgan fingerprint density at radius 1 is 1.10 bits per heavy atom. The van der Waals surface area contributed by atoms with E-state index in [9.17, 15) is 24.9 Å². The Morgan fingerprint density at radius 2 is 1.76 bits per heavy atom. The van der Waals surface area contributed by atoms with Crippen molar-refractivity contribution in [3.05, 3.63) is 47.0 Å². The van der Waals surface area contributed by atoms with Crippen LogP contribution < -0.4 is 0 Å². The summed E-state index contributed by atoms with van der Waals surface area (Å²) in [5, 5.41) is 35.6. The van der Waals surface area contributed by atoms with Crippen molar-refractivity contribution >= 4 is 11.8 Å². The van der Waals surface area contributed by atoms with Gasteiger partial charge in [-0.2, -0.15) is 5.06 Å². The molecule has 0 aliphatic heterocycles. The summed E-state index contributed by atoms with van der Waals surface area (Å²) in [5.41, 5.74) is -0.916. The Kier molecular flexibility index (Phi) is 9.22. The summed E-state index contributed by atoms with van der Waals surface area (Å²) >= 11 is 0. The molecule has 8 atom stereocenters. The second-order valence-corrected chi connectivity index (χ2v) is 13.4. The lowest BCUT2D eigenvalue weighted by molar-refractivity contribution is -0.286. The van der Waals surface area contributed by atoms with Crippen LogP contribution in [0.1, 0.15) is 72.3 Å². The lowest BCUT2D eigenvalue weighted by Gasteiger charge is -2.61. The minimum Gasteiger partial charge on any atom is -0.458 e. The molecule has 0 saturated heterocycles. The van der Waals surface area contributed by atoms with E-state index in [1.54, 1.807) is 26.1 Å². The molecule has 41 heavy (non-hydrogen) atoms. The second-order valence-electron chi connectivity index (χ2n) is 13.4. The van der Waals surface area contributed by atoms with Crippen LogP contribution in [0.3, 0.4) is 0 Å². The normalized spacial score (nSPS) is 36.9. The third-order valence-electron chi connectivity index (χ3n) is 10.8. The van der Waals surface area contributed by atoms with Crippen molar-refractivity contribution in [1.82, 2.24) is 5.06 Å². The first-order chi connectivity index (χ1) is 19.2. The SMILES string of the molecule is CC[C@@H]1C[C@H](O)[C@@]2(C)C(=O)[C@H](O)C3=C(C)[C@@H](OC(=O)CCc4ccccc4)C[C@@](ON(C)C)(CC2[C@@H]1CO)C3(C)C. The van der Waals surface area contributed by atoms with E-state index in [1.165, 1.54) is 0 Å². The largest absolute Gasteiger partial charge is 0.458 e. The van der Waals surface area contributed by atoms with Gasteiger partial charge in [0.2, 0.25) is 0 Å². The molecule has 1 aromatic carbocycles. The summed E-state index contributed by atoms with van der Waals surface area (Å²) in [6, 6.07) is 9.75. The number of hydrogen-bond donors (Lipinski definition) is 3. The standard InChI is InChI=1S/C33H49NO7/c1-8-22-16-26(36)32(5)24(23(22)19-35)17-33(41-34(6)7)18-25(20(2)28(31(33,3)4)29(38)30(32)39)40-27(37)15-14-21-12-10-9-11-13-21/h9-13,22-26,29,35-36,38H,8,14-19H2,1-7H3/t22-,23-,24?,25+,26+,29-,32+,33+/m1/s1. The third kappa shape index (κ3) is 5.42. The molecule has 3 aliphatic carbocycles. The van der Waals surface area contributed by atoms with E-state index >= 15 is 0 Å². The van der Waals surface area contributed by atoms with Gasteiger partial charge in [0.25, 0.3) is 0 Å². The predicted octanol–water partition coefficient (Wildman–Crippen LogP) is 3.86. The molecular weight excluding hydrogens is 522 g/mol. The number of Topliss-reactive ketones (excluding diaryl/α,β-unsaturated/α-hetero) is 1. The van der Waals surface area contributed by atoms with Crippen LogP contribution in [0.25, 0.3) is 0 Å². The molecule has 1 unspecified atom stereocenters. The Morgan fingerprint density at radius 3 is 2.34 bits per heavy atom. The number of hydrogen-bond acceptors (Lipinski definition) is 8. The fourth-order valence-corrected chi connectivity index (χ4v) is 8.26. The maximum Gasteiger partial charge on any atom is 0.306 e. The van der Waals surface area contributed by atoms with Gasteiger partial charge in [0.05, 0.1) is 11.5 Å². The number of benzene rings is 1. The zero-order valence-electron chi connectivity index (χ0n) is 25.7. The number of ketones is 1. The lowest BCUT2D eigenvalue weighted by atomic mass is 9.46. The van der Waals surface area contributed by atoms with Crippen LogP contribution in [0.5, 0.6) is 0 Å². The topological polar surface area (TPSA) is 117 Å². The highest BCUT2D eigenvalue weighted by atomic mass is 16.7. The molecule has 0 amide bonds. The Labute approximate surface area is 244 Å². The Bertz CT molecular complexity index is 1150. The number of ether oxygens (including phenoxy) is 1. The van der Waals surface area contributed by atoms with E-state index in [4.69, 9.17) is 9.57 Å². The molecule has 8 nitrogen and oxygen atoms in total. The minimum absolute atomic E-state index is 0.0175. The molecule has 0 aromatic heterocycles. The van der Waals surface area contributed by atoms with Gasteiger partial charge in [0, 0.05) is 39.0 Å². The number of rotatable bonds is 8. The van der Waals surface area contributed by atoms with Crippen molar-refractivity contribution in [2.24, 2.45) is 28.6 Å². The van der Waals surface area contributed by atoms with Crippen molar-refractivity contribution in [3.8, 4) is 0 Å². The van der Waals surface area contributed by atoms with Gasteiger partial charge >= 0.3 is 5.97 Å². The first-order valence-electron chi connectivity index (χ1n) is 15.1. The fourth-order valence-electron chi connectivity index (χ4n) is 8.26. The number of aryl methyl sites for hydroxylation is 1. The summed E-state index contributed by atoms with van der Waals surface area (Å²) in [7, 11) is 3.59. The van der Waals surface area contributed by atoms with E-state index in [2.05, 4.69) is 0 Å². The van der Waals surface area contributed by atoms with Crippen molar-refractivity contribution in [2.75, 3.05) is 20.7 Å². The molecule has 2 bridgehead atoms. The number of aliphatic hydroxyl groups excluding tert-OH is 3. The van der Waals surface area contributed by atoms with Gasteiger partial charge in [-0.25, -0.2) is 0 Å². The predicted molar refractivity (Wildman–Crippen MR) is 155 cm³/mol. The molecule has 8 heteroatoms. The number of carbonyl (C=O) groups excluding carboxylic acids is 2. The van der Waals surface area contributed by atoms with E-state index in [-0.39, 0.29) is 30.8 Å². The summed E-state index contributed by atoms with van der Waals surface area (Å²) < 4.78 is 6.10. The lowest BCUT2D eigenvalue weighted by Crippen LogP contribution is -2.67. The molecule has 0 spiro atoms. The molecule has 2 fully saturated rings. The molecule has 3 N–H and O–H groups in total. The van der Waals surface area contributed by atoms with Gasteiger partial charge in [0.15, 0.2) is 5.78 Å². The van der Waals surface area contributed by atoms with E-state index < -0.39 is 46.4 Å². The fraction of sp³-hybridized carbons (Fsp3) is 0.697. The molecular formula is C33H49NO7. The average Bonchev–Trinajstić information content (AvgIpc) is 2.92. The van der Waals surface area contributed by atoms with Crippen molar-refractivity contribution < 1.29 is 34.5 Å². The van der Waals surface area contributed by atoms with Crippen LogP contribution >= 0.6 is 0 Å². The van der Waals surface area contributed by atoms with Crippen LogP contribution in [0, 0.1) is 28.6 Å². The van der Waals surface area contributed by atoms with Crippen molar-refractivity contribution in [1.29, 1.82) is 0 Å². The summed E-state index contributed by atoms with van der Waals surface area (Å²) in [6.45, 7) is 9.43. The maximum atomic E-state index is 14.3. The molecule has 2 saturated carbocycles. The monoisotopic (exact) mass is 571 g/mol. The molecule has 228 valence electrons. The van der Waals surface area contributed by atoms with Gasteiger partial charge in [-0.3, -0.25) is 14.4 Å². The highest BCUT2D eigenvalue weighted by molar-refractivity contribution is 5.93. The Balaban J connectivity index is 1.81. The number of fused-ring (bicyclic) bond motifs is 3. The summed E-state index contributed by atoms with van der Waals surface area (Å²) in [4.78, 5) is 34.1. The zero-order valence-corrected chi connectivity index (χ0v) is 25.7. The third-order valence-corrected chi connectivity index (χ3v) is 10.8. The van der Waals surface area contributed by atoms with E-state index in [1.807, 2.05) is 58.0 Å². The van der Waals surface area contributed by atoms with Gasteiger partial charge < -0.3 is 20.1 Å².